The number of nitrogens with one attached hydrogen (secondary N) is 1. The predicted octanol–water partition coefficient (Wildman–Crippen LogP) is 1.50. The number of hydrogen-bond acceptors (Lipinski definition) is 3. The number of carbonyl (C=O) groups is 2. The van der Waals surface area contributed by atoms with E-state index in [1.54, 1.807) is 0 Å². The summed E-state index contributed by atoms with van der Waals surface area (Å²) in [5, 5.41) is 11.8. The van der Waals surface area contributed by atoms with Gasteiger partial charge >= 0.3 is 5.97 Å². The molecular formula is C12H19NO3S. The van der Waals surface area contributed by atoms with Crippen molar-refractivity contribution in [1.82, 2.24) is 5.32 Å². The van der Waals surface area contributed by atoms with Crippen LogP contribution in [-0.2, 0) is 9.59 Å². The zero-order chi connectivity index (χ0) is 12.3. The van der Waals surface area contributed by atoms with Crippen LogP contribution in [0.2, 0.25) is 0 Å². The minimum atomic E-state index is -0.893. The van der Waals surface area contributed by atoms with Crippen molar-refractivity contribution < 1.29 is 14.7 Å². The molecule has 5 heteroatoms. The van der Waals surface area contributed by atoms with Gasteiger partial charge in [0.15, 0.2) is 0 Å². The van der Waals surface area contributed by atoms with Crippen LogP contribution in [0.3, 0.4) is 0 Å². The zero-order valence-corrected chi connectivity index (χ0v) is 10.7. The molecule has 17 heavy (non-hydrogen) atoms. The number of amides is 1. The van der Waals surface area contributed by atoms with Crippen molar-refractivity contribution in [2.24, 2.45) is 11.8 Å². The molecule has 1 saturated heterocycles. The summed E-state index contributed by atoms with van der Waals surface area (Å²) in [5.74, 6) is 1.61. The molecule has 4 nitrogen and oxygen atoms in total. The highest BCUT2D eigenvalue weighted by molar-refractivity contribution is 7.99. The van der Waals surface area contributed by atoms with Crippen LogP contribution in [0, 0.1) is 11.8 Å². The third-order valence-corrected chi connectivity index (χ3v) is 4.52. The number of thioether (sulfide) groups is 1. The second-order valence-electron chi connectivity index (χ2n) is 4.97. The maximum Gasteiger partial charge on any atom is 0.326 e. The number of carbonyl (C=O) groups excluding carboxylic acids is 1. The minimum Gasteiger partial charge on any atom is -0.480 e. The van der Waals surface area contributed by atoms with Crippen LogP contribution < -0.4 is 5.32 Å². The number of carboxylic acids is 1. The van der Waals surface area contributed by atoms with Gasteiger partial charge in [-0.05, 0) is 36.7 Å². The predicted molar refractivity (Wildman–Crippen MR) is 67.0 cm³/mol. The van der Waals surface area contributed by atoms with Gasteiger partial charge in [-0.1, -0.05) is 12.8 Å². The topological polar surface area (TPSA) is 66.4 Å². The lowest BCUT2D eigenvalue weighted by molar-refractivity contribution is -0.142. The SMILES string of the molecule is O=C(NC(CC1CC1)C(=O)O)C1CCSCC1. The monoisotopic (exact) mass is 257 g/mol. The van der Waals surface area contributed by atoms with E-state index in [1.807, 2.05) is 11.8 Å². The fourth-order valence-corrected chi connectivity index (χ4v) is 3.26. The Kier molecular flexibility index (Phi) is 4.31. The number of carboxylic acid groups (broad SMARTS) is 1. The molecule has 0 aromatic carbocycles. The first-order valence-electron chi connectivity index (χ1n) is 6.27. The fourth-order valence-electron chi connectivity index (χ4n) is 2.16. The molecule has 0 spiro atoms. The second kappa shape index (κ2) is 5.76. The number of aliphatic carboxylic acids is 1. The Hall–Kier alpha value is -0.710. The van der Waals surface area contributed by atoms with Crippen molar-refractivity contribution in [3.8, 4) is 0 Å². The standard InChI is InChI=1S/C12H19NO3S/c14-11(9-3-5-17-6-4-9)13-10(12(15)16)7-8-1-2-8/h8-10H,1-7H2,(H,13,14)(H,15,16). The molecule has 1 unspecified atom stereocenters. The molecule has 1 amide bonds. The van der Waals surface area contributed by atoms with E-state index in [9.17, 15) is 9.59 Å². The van der Waals surface area contributed by atoms with Crippen LogP contribution in [0.15, 0.2) is 0 Å². The van der Waals surface area contributed by atoms with E-state index < -0.39 is 12.0 Å². The van der Waals surface area contributed by atoms with Crippen molar-refractivity contribution in [2.45, 2.75) is 38.1 Å². The van der Waals surface area contributed by atoms with E-state index in [0.717, 1.165) is 37.2 Å². The molecule has 2 fully saturated rings. The average molecular weight is 257 g/mol. The molecule has 2 rings (SSSR count). The first kappa shape index (κ1) is 12.7. The Labute approximate surface area is 106 Å². The first-order valence-corrected chi connectivity index (χ1v) is 7.43. The van der Waals surface area contributed by atoms with Gasteiger partial charge in [-0.2, -0.15) is 11.8 Å². The average Bonchev–Trinajstić information content (AvgIpc) is 3.13. The van der Waals surface area contributed by atoms with Gasteiger partial charge < -0.3 is 10.4 Å². The lowest BCUT2D eigenvalue weighted by Crippen LogP contribution is -2.44. The summed E-state index contributed by atoms with van der Waals surface area (Å²) >= 11 is 1.87. The van der Waals surface area contributed by atoms with E-state index in [-0.39, 0.29) is 11.8 Å². The molecule has 96 valence electrons. The van der Waals surface area contributed by atoms with Crippen LogP contribution >= 0.6 is 11.8 Å². The van der Waals surface area contributed by atoms with Gasteiger partial charge in [0.05, 0.1) is 0 Å². The lowest BCUT2D eigenvalue weighted by Gasteiger charge is -2.23. The molecule has 1 atom stereocenters. The van der Waals surface area contributed by atoms with E-state index in [4.69, 9.17) is 5.11 Å². The Morgan fingerprint density at radius 1 is 1.24 bits per heavy atom. The summed E-state index contributed by atoms with van der Waals surface area (Å²) in [6, 6.07) is -0.676. The Bertz CT molecular complexity index is 298. The molecule has 1 saturated carbocycles. The molecule has 1 aliphatic heterocycles. The summed E-state index contributed by atoms with van der Waals surface area (Å²) in [6.45, 7) is 0. The van der Waals surface area contributed by atoms with E-state index >= 15 is 0 Å². The molecule has 0 aromatic heterocycles. The Morgan fingerprint density at radius 3 is 2.41 bits per heavy atom. The van der Waals surface area contributed by atoms with Crippen molar-refractivity contribution in [3.63, 3.8) is 0 Å². The summed E-state index contributed by atoms with van der Waals surface area (Å²) in [6.07, 6.45) is 4.58. The van der Waals surface area contributed by atoms with Crippen LogP contribution in [0.4, 0.5) is 0 Å². The highest BCUT2D eigenvalue weighted by atomic mass is 32.2. The van der Waals surface area contributed by atoms with Gasteiger partial charge in [-0.25, -0.2) is 4.79 Å². The lowest BCUT2D eigenvalue weighted by atomic mass is 10.0. The van der Waals surface area contributed by atoms with Crippen molar-refractivity contribution in [3.05, 3.63) is 0 Å². The van der Waals surface area contributed by atoms with Gasteiger partial charge in [0.2, 0.25) is 5.91 Å². The first-order chi connectivity index (χ1) is 8.16. The van der Waals surface area contributed by atoms with Gasteiger partial charge in [0.1, 0.15) is 6.04 Å². The molecule has 0 aromatic rings. The van der Waals surface area contributed by atoms with Crippen molar-refractivity contribution >= 4 is 23.6 Å². The highest BCUT2D eigenvalue weighted by Gasteiger charge is 2.32. The van der Waals surface area contributed by atoms with E-state index in [0.29, 0.717) is 12.3 Å². The third-order valence-electron chi connectivity index (χ3n) is 3.47. The number of hydrogen-bond donors (Lipinski definition) is 2. The van der Waals surface area contributed by atoms with Gasteiger partial charge in [-0.15, -0.1) is 0 Å². The van der Waals surface area contributed by atoms with Crippen molar-refractivity contribution in [2.75, 3.05) is 11.5 Å². The van der Waals surface area contributed by atoms with Crippen LogP contribution in [-0.4, -0.2) is 34.5 Å². The quantitative estimate of drug-likeness (QED) is 0.783. The summed E-state index contributed by atoms with van der Waals surface area (Å²) in [5.41, 5.74) is 0. The maximum absolute atomic E-state index is 11.9. The largest absolute Gasteiger partial charge is 0.480 e. The molecule has 1 heterocycles. The number of rotatable bonds is 5. The summed E-state index contributed by atoms with van der Waals surface area (Å²) in [4.78, 5) is 23.0. The molecule has 1 aliphatic carbocycles. The second-order valence-corrected chi connectivity index (χ2v) is 6.19. The van der Waals surface area contributed by atoms with Gasteiger partial charge in [0, 0.05) is 5.92 Å². The van der Waals surface area contributed by atoms with Gasteiger partial charge in [0.25, 0.3) is 0 Å². The zero-order valence-electron chi connectivity index (χ0n) is 9.85. The molecule has 2 aliphatic rings. The van der Waals surface area contributed by atoms with Crippen LogP contribution in [0.1, 0.15) is 32.1 Å². The van der Waals surface area contributed by atoms with Gasteiger partial charge in [-0.3, -0.25) is 4.79 Å². The highest BCUT2D eigenvalue weighted by Crippen LogP contribution is 2.33. The molecular weight excluding hydrogens is 238 g/mol. The van der Waals surface area contributed by atoms with Crippen LogP contribution in [0.25, 0.3) is 0 Å². The Morgan fingerprint density at radius 2 is 1.88 bits per heavy atom. The summed E-state index contributed by atoms with van der Waals surface area (Å²) < 4.78 is 0. The van der Waals surface area contributed by atoms with Crippen LogP contribution in [0.5, 0.6) is 0 Å². The maximum atomic E-state index is 11.9. The molecule has 2 N–H and O–H groups in total. The smallest absolute Gasteiger partial charge is 0.326 e. The summed E-state index contributed by atoms with van der Waals surface area (Å²) in [7, 11) is 0. The van der Waals surface area contributed by atoms with E-state index in [1.165, 1.54) is 0 Å². The van der Waals surface area contributed by atoms with E-state index in [2.05, 4.69) is 5.32 Å². The fraction of sp³-hybridized carbons (Fsp3) is 0.833. The normalized spacial score (nSPS) is 23.1. The van der Waals surface area contributed by atoms with Crippen molar-refractivity contribution in [1.29, 1.82) is 0 Å². The Balaban J connectivity index is 1.82. The third kappa shape index (κ3) is 3.91. The molecule has 0 bridgehead atoms. The minimum absolute atomic E-state index is 0.0253. The molecule has 0 radical (unpaired) electrons.